The molecular weight excluding hydrogens is 893 g/mol. The van der Waals surface area contributed by atoms with Crippen molar-refractivity contribution in [1.29, 1.82) is 0 Å². The second-order valence-electron chi connectivity index (χ2n) is 18.4. The van der Waals surface area contributed by atoms with E-state index in [1.54, 1.807) is 0 Å². The van der Waals surface area contributed by atoms with Crippen LogP contribution in [0.15, 0.2) is 102 Å². The number of benzene rings is 4. The van der Waals surface area contributed by atoms with Gasteiger partial charge < -0.3 is 14.0 Å². The summed E-state index contributed by atoms with van der Waals surface area (Å²) in [6.07, 6.45) is 3.21. The largest absolute Gasteiger partial charge is 0.486 e. The summed E-state index contributed by atoms with van der Waals surface area (Å²) >= 11 is 0. The summed E-state index contributed by atoms with van der Waals surface area (Å²) in [5.41, 5.74) is 13.8. The average Bonchev–Trinajstić information content (AvgIpc) is 3.70. The molecule has 4 heterocycles. The van der Waals surface area contributed by atoms with Gasteiger partial charge in [-0.25, -0.2) is 4.98 Å². The van der Waals surface area contributed by atoms with Crippen LogP contribution in [0.5, 0.6) is 0 Å². The van der Waals surface area contributed by atoms with E-state index >= 15 is 0 Å². The Labute approximate surface area is 353 Å². The average molecular weight is 947 g/mol. The summed E-state index contributed by atoms with van der Waals surface area (Å²) < 4.78 is 8.62. The summed E-state index contributed by atoms with van der Waals surface area (Å²) in [5, 5.41) is 3.59. The Kier molecular flexibility index (Phi) is 11.7. The second kappa shape index (κ2) is 15.9. The molecule has 4 aromatic carbocycles. The van der Waals surface area contributed by atoms with E-state index < -0.39 is 8.07 Å². The number of para-hydroxylation sites is 2. The molecule has 0 saturated heterocycles. The van der Waals surface area contributed by atoms with E-state index in [1.165, 1.54) is 16.3 Å². The molecule has 0 atom stereocenters. The maximum Gasteiger partial charge on any atom is 0.216 e. The molecule has 8 rings (SSSR count). The van der Waals surface area contributed by atoms with Crippen LogP contribution in [0.4, 0.5) is 0 Å². The van der Waals surface area contributed by atoms with Crippen LogP contribution in [0, 0.1) is 38.3 Å². The zero-order valence-corrected chi connectivity index (χ0v) is 38.9. The van der Waals surface area contributed by atoms with Gasteiger partial charge in [0.1, 0.15) is 0 Å². The Morgan fingerprint density at radius 2 is 1.49 bits per heavy atom. The zero-order chi connectivity index (χ0) is 40.2. The molecule has 0 saturated carbocycles. The summed E-state index contributed by atoms with van der Waals surface area (Å²) in [6, 6.07) is 38.4. The number of rotatable bonds is 5. The monoisotopic (exact) mass is 947 g/mol. The normalized spacial score (nSPS) is 12.1. The predicted octanol–water partition coefficient (Wildman–Crippen LogP) is 12.7. The Morgan fingerprint density at radius 3 is 2.14 bits per heavy atom. The fourth-order valence-corrected chi connectivity index (χ4v) is 8.99. The van der Waals surface area contributed by atoms with E-state index in [1.807, 2.05) is 37.3 Å². The van der Waals surface area contributed by atoms with Crippen LogP contribution < -0.4 is 5.19 Å². The Morgan fingerprint density at radius 1 is 0.789 bits per heavy atom. The molecule has 0 fully saturated rings. The maximum absolute atomic E-state index is 6.41. The standard InChI is InChI=1S/C31H28N3O.C19H26NSi.Ir/c1-18-11-16-23(28-27(18)24-17-19(2)20(3)32-30(24)35-28)29-33-25-9-7-8-10-26(25)34(29)22-14-12-21(13-15-22)31(4,5)6;1-19(2,3)13-16-12-17(15-10-8-7-9-11-15)20-14-18(16)21(4,5)6;/h7-15,17H,1-6H3;7-10,12,14H,13H2,1-6H3;/q2*-1;. The molecule has 0 unspecified atom stereocenters. The summed E-state index contributed by atoms with van der Waals surface area (Å²) in [7, 11) is -1.37. The van der Waals surface area contributed by atoms with Crippen molar-refractivity contribution < 1.29 is 24.5 Å². The first kappa shape index (κ1) is 41.9. The third kappa shape index (κ3) is 8.77. The van der Waals surface area contributed by atoms with Crippen LogP contribution in [0.3, 0.4) is 0 Å². The van der Waals surface area contributed by atoms with Gasteiger partial charge in [0.25, 0.3) is 0 Å². The fourth-order valence-electron chi connectivity index (χ4n) is 7.42. The van der Waals surface area contributed by atoms with Crippen LogP contribution in [0.2, 0.25) is 19.6 Å². The van der Waals surface area contributed by atoms with Gasteiger partial charge in [0.2, 0.25) is 5.71 Å². The maximum atomic E-state index is 6.41. The number of aryl methyl sites for hydroxylation is 3. The molecule has 7 heteroatoms. The number of pyridine rings is 2. The topological polar surface area (TPSA) is 56.7 Å². The van der Waals surface area contributed by atoms with Crippen molar-refractivity contribution in [2.24, 2.45) is 5.41 Å². The van der Waals surface area contributed by atoms with Crippen LogP contribution in [0.1, 0.15) is 69.5 Å². The van der Waals surface area contributed by atoms with Crippen molar-refractivity contribution in [3.8, 4) is 28.3 Å². The molecule has 295 valence electrons. The van der Waals surface area contributed by atoms with Gasteiger partial charge in [-0.15, -0.1) is 53.6 Å². The molecule has 57 heavy (non-hydrogen) atoms. The molecule has 0 aliphatic carbocycles. The molecule has 0 aliphatic rings. The zero-order valence-electron chi connectivity index (χ0n) is 35.5. The Balaban J connectivity index is 0.000000215. The second-order valence-corrected chi connectivity index (χ2v) is 23.5. The van der Waals surface area contributed by atoms with Crippen molar-refractivity contribution in [3.63, 3.8) is 0 Å². The predicted molar refractivity (Wildman–Crippen MR) is 238 cm³/mol. The number of nitrogens with zero attached hydrogens (tertiary/aromatic N) is 4. The van der Waals surface area contributed by atoms with Gasteiger partial charge in [-0.05, 0) is 83.4 Å². The summed E-state index contributed by atoms with van der Waals surface area (Å²) in [4.78, 5) is 14.5. The summed E-state index contributed by atoms with van der Waals surface area (Å²) in [6.45, 7) is 27.0. The van der Waals surface area contributed by atoms with Gasteiger partial charge in [-0.1, -0.05) is 115 Å². The molecule has 5 nitrogen and oxygen atoms in total. The number of imidazole rings is 1. The fraction of sp³-hybridized carbons (Fsp3) is 0.300. The van der Waals surface area contributed by atoms with E-state index in [0.717, 1.165) is 79.0 Å². The first-order valence-electron chi connectivity index (χ1n) is 19.7. The number of furan rings is 1. The van der Waals surface area contributed by atoms with E-state index in [9.17, 15) is 0 Å². The number of fused-ring (bicyclic) bond motifs is 4. The van der Waals surface area contributed by atoms with E-state index in [0.29, 0.717) is 5.71 Å². The molecule has 8 aromatic rings. The number of hydrogen-bond donors (Lipinski definition) is 0. The van der Waals surface area contributed by atoms with Crippen molar-refractivity contribution in [1.82, 2.24) is 19.5 Å². The van der Waals surface area contributed by atoms with Crippen LogP contribution in [0.25, 0.3) is 61.4 Å². The van der Waals surface area contributed by atoms with E-state index in [2.05, 4.69) is 159 Å². The molecule has 0 aliphatic heterocycles. The van der Waals surface area contributed by atoms with Crippen LogP contribution >= 0.6 is 0 Å². The number of hydrogen-bond acceptors (Lipinski definition) is 4. The van der Waals surface area contributed by atoms with Gasteiger partial charge in [0.15, 0.2) is 0 Å². The summed E-state index contributed by atoms with van der Waals surface area (Å²) in [5.74, 6) is 0.812. The van der Waals surface area contributed by atoms with Crippen molar-refractivity contribution in [3.05, 3.63) is 137 Å². The smallest absolute Gasteiger partial charge is 0.216 e. The molecule has 0 N–H and O–H groups in total. The minimum Gasteiger partial charge on any atom is -0.486 e. The van der Waals surface area contributed by atoms with Crippen molar-refractivity contribution in [2.75, 3.05) is 0 Å². The first-order chi connectivity index (χ1) is 26.4. The Bertz CT molecular complexity index is 2690. The van der Waals surface area contributed by atoms with Gasteiger partial charge in [-0.2, -0.15) is 0 Å². The Hall–Kier alpha value is -4.68. The third-order valence-electron chi connectivity index (χ3n) is 10.5. The molecule has 0 amide bonds. The molecule has 0 bridgehead atoms. The molecule has 0 spiro atoms. The third-order valence-corrected chi connectivity index (χ3v) is 12.5. The molecule has 4 aromatic heterocycles. The van der Waals surface area contributed by atoms with Crippen molar-refractivity contribution in [2.45, 2.75) is 93.8 Å². The first-order valence-corrected chi connectivity index (χ1v) is 23.2. The van der Waals surface area contributed by atoms with Gasteiger partial charge in [0, 0.05) is 43.1 Å². The van der Waals surface area contributed by atoms with Crippen LogP contribution in [-0.4, -0.2) is 27.6 Å². The van der Waals surface area contributed by atoms with Crippen molar-refractivity contribution >= 4 is 46.4 Å². The molecular formula is C50H54IrN4OSi-2. The van der Waals surface area contributed by atoms with Crippen LogP contribution in [-0.2, 0) is 31.9 Å². The quantitative estimate of drug-likeness (QED) is 0.127. The minimum atomic E-state index is -1.37. The molecule has 1 radical (unpaired) electrons. The van der Waals surface area contributed by atoms with Gasteiger partial charge >= 0.3 is 0 Å². The van der Waals surface area contributed by atoms with Gasteiger partial charge in [0.05, 0.1) is 30.5 Å². The van der Waals surface area contributed by atoms with Gasteiger partial charge in [-0.3, -0.25) is 4.98 Å². The van der Waals surface area contributed by atoms with E-state index in [4.69, 9.17) is 19.4 Å². The number of aromatic nitrogens is 4. The van der Waals surface area contributed by atoms with E-state index in [-0.39, 0.29) is 30.9 Å². The SMILES string of the molecule is CC(C)(C)Cc1cc(-c2[c-]cccc2)ncc1[Si](C)(C)C.Cc1cc2c(nc1C)oc1c(-c3nc4ccccc4n3-c3ccc(C(C)(C)C)cc3)[c-]cc(C)c12.[Ir]. The minimum absolute atomic E-state index is 0.